The Morgan fingerprint density at radius 2 is 0.584 bits per heavy atom. The smallest absolute Gasteiger partial charge is 0.462 e. The SMILES string of the molecule is CCCCCC/C=C\C=C/CCCCCCCC(=O)OC[C@H](COP(=O)(O)OC[C@@H](O)COP(=O)(O)OC[C@@H](COC(=O)CCCCCCCCCCCC(C)C)OC(=O)CCCCCCCCCCCC(C)C)OC(=O)CCCCCCCCCCCCCCCCCCCCC(C)CC. The number of aliphatic hydroxyl groups excluding tert-OH is 1. The summed E-state index contributed by atoms with van der Waals surface area (Å²) in [7, 11) is -9.93. The first kappa shape index (κ1) is 98.5. The summed E-state index contributed by atoms with van der Waals surface area (Å²) in [5.74, 6) is 0.205. The minimum Gasteiger partial charge on any atom is -0.462 e. The fourth-order valence-corrected chi connectivity index (χ4v) is 13.7. The molecule has 0 heterocycles. The van der Waals surface area contributed by atoms with E-state index in [1.165, 1.54) is 193 Å². The van der Waals surface area contributed by atoms with E-state index in [0.29, 0.717) is 25.7 Å². The molecule has 3 N–H and O–H groups in total. The molecule has 0 saturated heterocycles. The lowest BCUT2D eigenvalue weighted by molar-refractivity contribution is -0.161. The summed E-state index contributed by atoms with van der Waals surface area (Å²) in [6.07, 6.45) is 63.3. The van der Waals surface area contributed by atoms with Crippen LogP contribution < -0.4 is 0 Å². The monoisotopic (exact) mass is 1480 g/mol. The summed E-state index contributed by atoms with van der Waals surface area (Å²) in [6, 6.07) is 0. The minimum absolute atomic E-state index is 0.101. The van der Waals surface area contributed by atoms with Crippen LogP contribution >= 0.6 is 15.6 Å². The quantitative estimate of drug-likeness (QED) is 0.0169. The van der Waals surface area contributed by atoms with Crippen LogP contribution in [0.15, 0.2) is 24.3 Å². The second-order valence-electron chi connectivity index (χ2n) is 30.0. The zero-order valence-electron chi connectivity index (χ0n) is 65.9. The number of phosphoric acid groups is 2. The minimum atomic E-state index is -4.97. The Hall–Kier alpha value is -2.46. The molecule has 3 unspecified atom stereocenters. The van der Waals surface area contributed by atoms with Gasteiger partial charge in [-0.3, -0.25) is 37.3 Å². The Labute approximate surface area is 618 Å². The molecular weight excluding hydrogens is 1320 g/mol. The summed E-state index contributed by atoms with van der Waals surface area (Å²) < 4.78 is 68.7. The molecule has 0 aromatic carbocycles. The molecule has 0 saturated carbocycles. The van der Waals surface area contributed by atoms with Gasteiger partial charge in [0.25, 0.3) is 0 Å². The second-order valence-corrected chi connectivity index (χ2v) is 32.9. The van der Waals surface area contributed by atoms with E-state index in [1.54, 1.807) is 0 Å². The Balaban J connectivity index is 5.25. The van der Waals surface area contributed by atoms with Gasteiger partial charge in [-0.1, -0.05) is 349 Å². The van der Waals surface area contributed by atoms with Crippen LogP contribution in [-0.4, -0.2) is 96.7 Å². The average molecular weight is 1480 g/mol. The third kappa shape index (κ3) is 74.2. The van der Waals surface area contributed by atoms with E-state index in [2.05, 4.69) is 72.8 Å². The van der Waals surface area contributed by atoms with Crippen molar-refractivity contribution in [2.24, 2.45) is 17.8 Å². The van der Waals surface area contributed by atoms with Crippen LogP contribution in [0.2, 0.25) is 0 Å². The molecule has 0 amide bonds. The van der Waals surface area contributed by atoms with Gasteiger partial charge in [-0.15, -0.1) is 0 Å². The van der Waals surface area contributed by atoms with E-state index >= 15 is 0 Å². The highest BCUT2D eigenvalue weighted by Crippen LogP contribution is 2.45. The van der Waals surface area contributed by atoms with Crippen molar-refractivity contribution in [1.82, 2.24) is 0 Å². The van der Waals surface area contributed by atoms with Crippen LogP contribution in [0.25, 0.3) is 0 Å². The number of carbonyl (C=O) groups excluding carboxylic acids is 4. The van der Waals surface area contributed by atoms with Gasteiger partial charge in [0.1, 0.15) is 19.3 Å². The Morgan fingerprint density at radius 3 is 0.881 bits per heavy atom. The van der Waals surface area contributed by atoms with Gasteiger partial charge in [-0.2, -0.15) is 0 Å². The van der Waals surface area contributed by atoms with E-state index in [0.717, 1.165) is 127 Å². The van der Waals surface area contributed by atoms with E-state index < -0.39 is 97.5 Å². The zero-order valence-corrected chi connectivity index (χ0v) is 67.6. The lowest BCUT2D eigenvalue weighted by Crippen LogP contribution is -2.30. The fraction of sp³-hybridized carbons (Fsp3) is 0.902. The van der Waals surface area contributed by atoms with Crippen molar-refractivity contribution in [1.29, 1.82) is 0 Å². The van der Waals surface area contributed by atoms with Gasteiger partial charge in [0, 0.05) is 25.7 Å². The van der Waals surface area contributed by atoms with Crippen LogP contribution in [-0.2, 0) is 65.4 Å². The number of rotatable bonds is 78. The van der Waals surface area contributed by atoms with E-state index in [9.17, 15) is 43.2 Å². The van der Waals surface area contributed by atoms with Gasteiger partial charge in [-0.25, -0.2) is 9.13 Å². The van der Waals surface area contributed by atoms with Gasteiger partial charge >= 0.3 is 39.5 Å². The maximum Gasteiger partial charge on any atom is 0.472 e. The Morgan fingerprint density at radius 1 is 0.327 bits per heavy atom. The zero-order chi connectivity index (χ0) is 74.4. The Bertz CT molecular complexity index is 2050. The third-order valence-corrected chi connectivity index (χ3v) is 20.8. The van der Waals surface area contributed by atoms with Crippen LogP contribution in [0.5, 0.6) is 0 Å². The van der Waals surface area contributed by atoms with Crippen LogP contribution in [0.1, 0.15) is 402 Å². The molecule has 0 aliphatic heterocycles. The summed E-state index contributed by atoms with van der Waals surface area (Å²) in [6.45, 7) is 11.9. The van der Waals surface area contributed by atoms with Crippen molar-refractivity contribution in [3.8, 4) is 0 Å². The first-order valence-corrected chi connectivity index (χ1v) is 44.7. The normalized spacial score (nSPS) is 14.4. The molecule has 0 aromatic rings. The van der Waals surface area contributed by atoms with Gasteiger partial charge in [0.15, 0.2) is 12.2 Å². The number of hydrogen-bond acceptors (Lipinski definition) is 15. The molecule has 596 valence electrons. The van der Waals surface area contributed by atoms with E-state index in [-0.39, 0.29) is 25.7 Å². The number of ether oxygens (including phenoxy) is 4. The molecule has 0 aliphatic rings. The van der Waals surface area contributed by atoms with Crippen molar-refractivity contribution in [2.45, 2.75) is 420 Å². The van der Waals surface area contributed by atoms with Crippen LogP contribution in [0.3, 0.4) is 0 Å². The molecule has 0 spiro atoms. The molecule has 19 heteroatoms. The number of aliphatic hydroxyl groups is 1. The molecule has 0 fully saturated rings. The first-order chi connectivity index (χ1) is 48.8. The first-order valence-electron chi connectivity index (χ1n) is 41.7. The van der Waals surface area contributed by atoms with Gasteiger partial charge < -0.3 is 33.8 Å². The summed E-state index contributed by atoms with van der Waals surface area (Å²) in [5.41, 5.74) is 0. The number of unbranched alkanes of at least 4 members (excludes halogenated alkanes) is 42. The van der Waals surface area contributed by atoms with Crippen molar-refractivity contribution in [3.05, 3.63) is 24.3 Å². The molecule has 6 atom stereocenters. The number of phosphoric ester groups is 2. The molecule has 0 rings (SSSR count). The average Bonchev–Trinajstić information content (AvgIpc) is 0.912. The summed E-state index contributed by atoms with van der Waals surface area (Å²) in [4.78, 5) is 73.0. The Kier molecular flexibility index (Phi) is 70.0. The van der Waals surface area contributed by atoms with Crippen molar-refractivity contribution in [3.63, 3.8) is 0 Å². The second kappa shape index (κ2) is 71.8. The predicted octanol–water partition coefficient (Wildman–Crippen LogP) is 24.1. The number of allylic oxidation sites excluding steroid dienone is 4. The molecule has 0 aliphatic carbocycles. The van der Waals surface area contributed by atoms with Crippen LogP contribution in [0.4, 0.5) is 0 Å². The van der Waals surface area contributed by atoms with E-state index in [1.807, 2.05) is 0 Å². The predicted molar refractivity (Wildman–Crippen MR) is 414 cm³/mol. The summed E-state index contributed by atoms with van der Waals surface area (Å²) in [5, 5.41) is 10.6. The van der Waals surface area contributed by atoms with Gasteiger partial charge in [-0.05, 0) is 69.1 Å². The maximum atomic E-state index is 13.1. The number of carbonyl (C=O) groups is 4. The van der Waals surface area contributed by atoms with Crippen LogP contribution in [0, 0.1) is 17.8 Å². The molecular formula is C82H156O17P2. The van der Waals surface area contributed by atoms with Gasteiger partial charge in [0.2, 0.25) is 0 Å². The topological polar surface area (TPSA) is 237 Å². The van der Waals surface area contributed by atoms with Crippen molar-refractivity contribution < 1.29 is 80.2 Å². The lowest BCUT2D eigenvalue weighted by Gasteiger charge is -2.21. The van der Waals surface area contributed by atoms with Crippen molar-refractivity contribution in [2.75, 3.05) is 39.6 Å². The number of hydrogen-bond donors (Lipinski definition) is 3. The summed E-state index contributed by atoms with van der Waals surface area (Å²) >= 11 is 0. The largest absolute Gasteiger partial charge is 0.472 e. The lowest BCUT2D eigenvalue weighted by atomic mass is 9.99. The number of esters is 4. The molecule has 0 aromatic heterocycles. The fourth-order valence-electron chi connectivity index (χ4n) is 12.1. The molecule has 17 nitrogen and oxygen atoms in total. The van der Waals surface area contributed by atoms with E-state index in [4.69, 9.17) is 37.0 Å². The highest BCUT2D eigenvalue weighted by Gasteiger charge is 2.30. The highest BCUT2D eigenvalue weighted by atomic mass is 31.2. The molecule has 101 heavy (non-hydrogen) atoms. The molecule has 0 bridgehead atoms. The van der Waals surface area contributed by atoms with Crippen molar-refractivity contribution >= 4 is 39.5 Å². The highest BCUT2D eigenvalue weighted by molar-refractivity contribution is 7.47. The van der Waals surface area contributed by atoms with Gasteiger partial charge in [0.05, 0.1) is 26.4 Å². The third-order valence-electron chi connectivity index (χ3n) is 18.9. The maximum absolute atomic E-state index is 13.1. The molecule has 0 radical (unpaired) electrons. The standard InChI is InChI=1S/C82H156O17P2/c1-8-10-11-12-13-14-15-16-21-25-28-35-42-49-56-63-79(84)92-69-77(98-81(86)65-58-51-44-36-29-26-23-20-18-17-19-22-24-27-34-41-48-55-62-75(7)9-2)71-96-100(88,89)94-67-76(83)68-95-101(90,91)97-72-78(99-82(87)66-59-52-45-38-31-33-40-47-54-61-74(5)6)70-93-80(85)64-57-50-43-37-30-32-39-46-53-60-73(3)4/h14-16,21,73-78,83H,8-13,17-20,22-72H2,1-7H3,(H,88,89)(H,90,91)/b15-14-,21-16-/t75?,76-,77-,78-/m1/s1.